The van der Waals surface area contributed by atoms with E-state index in [0.717, 1.165) is 32.7 Å². The molecule has 0 aliphatic carbocycles. The van der Waals surface area contributed by atoms with E-state index in [1.165, 1.54) is 22.1 Å². The summed E-state index contributed by atoms with van der Waals surface area (Å²) in [5.41, 5.74) is 3.38. The van der Waals surface area contributed by atoms with Crippen molar-refractivity contribution in [2.24, 2.45) is 0 Å². The third kappa shape index (κ3) is 3.86. The average molecular weight is 347 g/mol. The van der Waals surface area contributed by atoms with Crippen LogP contribution in [0.25, 0.3) is 0 Å². The van der Waals surface area contributed by atoms with Crippen molar-refractivity contribution in [2.45, 2.75) is 13.5 Å². The number of aryl methyl sites for hydroxylation is 1. The normalized spacial score (nSPS) is 15.5. The molecule has 1 saturated heterocycles. The fourth-order valence-electron chi connectivity index (χ4n) is 3.26. The second-order valence-corrected chi connectivity index (χ2v) is 6.73. The van der Waals surface area contributed by atoms with Gasteiger partial charge < -0.3 is 9.80 Å². The molecule has 1 fully saturated rings. The highest BCUT2D eigenvalue weighted by molar-refractivity contribution is 6.30. The average Bonchev–Trinajstić information content (AvgIpc) is 2.56. The second-order valence-electron chi connectivity index (χ2n) is 6.29. The van der Waals surface area contributed by atoms with Crippen LogP contribution in [-0.2, 0) is 6.54 Å². The summed E-state index contributed by atoms with van der Waals surface area (Å²) in [5.74, 6) is 0. The van der Waals surface area contributed by atoms with Gasteiger partial charge in [-0.15, -0.1) is 0 Å². The van der Waals surface area contributed by atoms with Crippen LogP contribution >= 0.6 is 11.6 Å². The van der Waals surface area contributed by atoms with Crippen LogP contribution in [0.2, 0.25) is 5.02 Å². The molecule has 0 atom stereocenters. The third-order valence-corrected chi connectivity index (χ3v) is 4.72. The number of nitro groups is 1. The van der Waals surface area contributed by atoms with Gasteiger partial charge in [-0.05, 0) is 19.1 Å². The van der Waals surface area contributed by atoms with E-state index in [1.807, 2.05) is 0 Å². The van der Waals surface area contributed by atoms with E-state index in [0.29, 0.717) is 10.7 Å². The van der Waals surface area contributed by atoms with Gasteiger partial charge in [0, 0.05) is 16.7 Å². The molecule has 0 unspecified atom stereocenters. The van der Waals surface area contributed by atoms with Crippen molar-refractivity contribution in [3.05, 3.63) is 68.7 Å². The summed E-state index contributed by atoms with van der Waals surface area (Å²) >= 11 is 5.90. The van der Waals surface area contributed by atoms with E-state index >= 15 is 0 Å². The number of halogens is 1. The zero-order valence-corrected chi connectivity index (χ0v) is 14.4. The molecule has 2 aromatic rings. The summed E-state index contributed by atoms with van der Waals surface area (Å²) in [6.45, 7) is 6.66. The fourth-order valence-corrected chi connectivity index (χ4v) is 3.43. The molecule has 1 heterocycles. The van der Waals surface area contributed by atoms with Crippen LogP contribution in [0.5, 0.6) is 0 Å². The Morgan fingerprint density at radius 3 is 2.62 bits per heavy atom. The number of hydrogen-bond acceptors (Lipinski definition) is 3. The van der Waals surface area contributed by atoms with Crippen molar-refractivity contribution >= 4 is 23.0 Å². The number of nitrogens with zero attached hydrogens (tertiary/aromatic N) is 2. The molecule has 1 aliphatic heterocycles. The summed E-state index contributed by atoms with van der Waals surface area (Å²) in [7, 11) is 0. The van der Waals surface area contributed by atoms with Crippen LogP contribution in [0, 0.1) is 17.0 Å². The van der Waals surface area contributed by atoms with Crippen molar-refractivity contribution in [3.63, 3.8) is 0 Å². The van der Waals surface area contributed by atoms with Gasteiger partial charge in [-0.1, -0.05) is 41.4 Å². The van der Waals surface area contributed by atoms with Crippen molar-refractivity contribution in [2.75, 3.05) is 31.1 Å². The number of piperazine rings is 1. The topological polar surface area (TPSA) is 50.8 Å². The molecule has 1 N–H and O–H groups in total. The van der Waals surface area contributed by atoms with Gasteiger partial charge >= 0.3 is 0 Å². The quantitative estimate of drug-likeness (QED) is 0.683. The highest BCUT2D eigenvalue weighted by atomic mass is 35.5. The van der Waals surface area contributed by atoms with Crippen LogP contribution in [0.3, 0.4) is 0 Å². The number of nitro benzene ring substituents is 1. The van der Waals surface area contributed by atoms with Crippen LogP contribution < -0.4 is 9.80 Å². The standard InChI is InChI=1S/C18H20ClN3O2/c1-14-3-2-4-15(11-14)13-20-7-9-21(10-8-20)17-6-5-16(19)12-18(17)22(23)24/h2-6,11-12H,7-10,13H2,1H3/p+1. The Kier molecular flexibility index (Phi) is 5.02. The van der Waals surface area contributed by atoms with Crippen molar-refractivity contribution in [1.82, 2.24) is 0 Å². The lowest BCUT2D eigenvalue weighted by atomic mass is 10.1. The maximum Gasteiger partial charge on any atom is 0.294 e. The first-order valence-electron chi connectivity index (χ1n) is 8.11. The predicted octanol–water partition coefficient (Wildman–Crippen LogP) is 2.46. The Morgan fingerprint density at radius 2 is 1.96 bits per heavy atom. The lowest BCUT2D eigenvalue weighted by Gasteiger charge is -2.33. The molecule has 0 amide bonds. The second kappa shape index (κ2) is 7.20. The Labute approximate surface area is 146 Å². The van der Waals surface area contributed by atoms with E-state index in [9.17, 15) is 10.1 Å². The minimum atomic E-state index is -0.354. The minimum Gasteiger partial charge on any atom is -0.355 e. The first-order valence-corrected chi connectivity index (χ1v) is 8.49. The molecule has 6 heteroatoms. The Balaban J connectivity index is 1.66. The Bertz CT molecular complexity index is 743. The summed E-state index contributed by atoms with van der Waals surface area (Å²) in [4.78, 5) is 14.5. The zero-order chi connectivity index (χ0) is 17.1. The third-order valence-electron chi connectivity index (χ3n) is 4.48. The number of hydrogen-bond donors (Lipinski definition) is 1. The van der Waals surface area contributed by atoms with Crippen LogP contribution in [-0.4, -0.2) is 31.1 Å². The van der Waals surface area contributed by atoms with Gasteiger partial charge in [-0.2, -0.15) is 0 Å². The maximum absolute atomic E-state index is 11.3. The number of quaternary nitrogens is 1. The van der Waals surface area contributed by atoms with Crippen molar-refractivity contribution in [3.8, 4) is 0 Å². The molecular weight excluding hydrogens is 326 g/mol. The summed E-state index contributed by atoms with van der Waals surface area (Å²) in [6.07, 6.45) is 0. The smallest absolute Gasteiger partial charge is 0.294 e. The van der Waals surface area contributed by atoms with Crippen LogP contribution in [0.15, 0.2) is 42.5 Å². The van der Waals surface area contributed by atoms with Gasteiger partial charge in [0.2, 0.25) is 0 Å². The molecule has 0 bridgehead atoms. The Morgan fingerprint density at radius 1 is 1.21 bits per heavy atom. The number of nitrogens with one attached hydrogen (secondary N) is 1. The fraction of sp³-hybridized carbons (Fsp3) is 0.333. The SMILES string of the molecule is Cc1cccc(C[NH+]2CCN(c3ccc(Cl)cc3[N+](=O)[O-])CC2)c1. The first-order chi connectivity index (χ1) is 11.5. The van der Waals surface area contributed by atoms with Gasteiger partial charge in [-0.3, -0.25) is 10.1 Å². The molecule has 0 aromatic heterocycles. The summed E-state index contributed by atoms with van der Waals surface area (Å²) < 4.78 is 0. The molecule has 3 rings (SSSR count). The van der Waals surface area contributed by atoms with Gasteiger partial charge in [-0.25, -0.2) is 0 Å². The molecule has 1 aliphatic rings. The highest BCUT2D eigenvalue weighted by Gasteiger charge is 2.25. The van der Waals surface area contributed by atoms with Crippen molar-refractivity contribution < 1.29 is 9.82 Å². The Hall–Kier alpha value is -2.11. The van der Waals surface area contributed by atoms with E-state index in [2.05, 4.69) is 36.1 Å². The van der Waals surface area contributed by atoms with Crippen molar-refractivity contribution in [1.29, 1.82) is 0 Å². The van der Waals surface area contributed by atoms with E-state index < -0.39 is 0 Å². The lowest BCUT2D eigenvalue weighted by Crippen LogP contribution is -3.13. The molecule has 0 radical (unpaired) electrons. The van der Waals surface area contributed by atoms with E-state index in [1.54, 1.807) is 12.1 Å². The predicted molar refractivity (Wildman–Crippen MR) is 95.9 cm³/mol. The molecule has 126 valence electrons. The molecule has 0 spiro atoms. The highest BCUT2D eigenvalue weighted by Crippen LogP contribution is 2.30. The number of rotatable bonds is 4. The molecule has 24 heavy (non-hydrogen) atoms. The molecular formula is C18H21ClN3O2+. The minimum absolute atomic E-state index is 0.0876. The van der Waals surface area contributed by atoms with Gasteiger partial charge in [0.15, 0.2) is 0 Å². The van der Waals surface area contributed by atoms with E-state index in [4.69, 9.17) is 11.6 Å². The lowest BCUT2D eigenvalue weighted by molar-refractivity contribution is -0.914. The largest absolute Gasteiger partial charge is 0.355 e. The van der Waals surface area contributed by atoms with Gasteiger partial charge in [0.1, 0.15) is 12.2 Å². The summed E-state index contributed by atoms with van der Waals surface area (Å²) in [6, 6.07) is 13.5. The van der Waals surface area contributed by atoms with E-state index in [-0.39, 0.29) is 10.6 Å². The van der Waals surface area contributed by atoms with Gasteiger partial charge in [0.05, 0.1) is 31.1 Å². The maximum atomic E-state index is 11.3. The summed E-state index contributed by atoms with van der Waals surface area (Å²) in [5, 5.41) is 11.7. The van der Waals surface area contributed by atoms with Crippen LogP contribution in [0.1, 0.15) is 11.1 Å². The molecule has 5 nitrogen and oxygen atoms in total. The number of benzene rings is 2. The number of anilines is 1. The van der Waals surface area contributed by atoms with Gasteiger partial charge in [0.25, 0.3) is 5.69 Å². The monoisotopic (exact) mass is 346 g/mol. The zero-order valence-electron chi connectivity index (χ0n) is 13.7. The molecule has 0 saturated carbocycles. The molecule has 2 aromatic carbocycles. The first kappa shape index (κ1) is 16.7. The van der Waals surface area contributed by atoms with Crippen LogP contribution in [0.4, 0.5) is 11.4 Å².